The van der Waals surface area contributed by atoms with Gasteiger partial charge < -0.3 is 15.2 Å². The summed E-state index contributed by atoms with van der Waals surface area (Å²) in [6.45, 7) is 6.83. The molecule has 0 aliphatic heterocycles. The summed E-state index contributed by atoms with van der Waals surface area (Å²) in [6.07, 6.45) is 5.84. The van der Waals surface area contributed by atoms with Crippen molar-refractivity contribution >= 4 is 17.7 Å². The Hall–Kier alpha value is -2.09. The van der Waals surface area contributed by atoms with Gasteiger partial charge in [-0.25, -0.2) is 4.39 Å². The fourth-order valence-corrected chi connectivity index (χ4v) is 4.24. The molecule has 2 aromatic rings. The molecule has 0 radical (unpaired) electrons. The van der Waals surface area contributed by atoms with Gasteiger partial charge in [0.15, 0.2) is 11.1 Å². The molecule has 1 aliphatic carbocycles. The highest BCUT2D eigenvalue weighted by atomic mass is 32.2. The molecule has 1 fully saturated rings. The van der Waals surface area contributed by atoms with E-state index >= 15 is 0 Å². The molecule has 1 aromatic heterocycles. The highest BCUT2D eigenvalue weighted by Crippen LogP contribution is 2.48. The Balaban J connectivity index is 1.47. The molecular formula is C22H33FN6S. The van der Waals surface area contributed by atoms with Gasteiger partial charge in [-0.2, -0.15) is 0 Å². The van der Waals surface area contributed by atoms with E-state index in [9.17, 15) is 4.39 Å². The van der Waals surface area contributed by atoms with Crippen LogP contribution in [-0.2, 0) is 18.4 Å². The van der Waals surface area contributed by atoms with Crippen LogP contribution in [0.3, 0.4) is 0 Å². The summed E-state index contributed by atoms with van der Waals surface area (Å²) < 4.78 is 16.4. The van der Waals surface area contributed by atoms with Crippen LogP contribution in [0, 0.1) is 11.7 Å². The standard InChI is InChI=1S/C22H33FN6S/c1-16(2)14-29-19(27-28-21(29)30-4)10-7-13-25-20(24-3)26-15-22(11-12-22)17-8-5-6-9-18(17)23/h5-6,8-9,16H,7,10-15H2,1-4H3,(H2,24,25,26). The monoisotopic (exact) mass is 432 g/mol. The lowest BCUT2D eigenvalue weighted by Crippen LogP contribution is -2.41. The molecule has 0 atom stereocenters. The summed E-state index contributed by atoms with van der Waals surface area (Å²) in [5, 5.41) is 16.4. The van der Waals surface area contributed by atoms with E-state index in [1.54, 1.807) is 30.9 Å². The van der Waals surface area contributed by atoms with Crippen molar-refractivity contribution in [2.45, 2.75) is 56.6 Å². The van der Waals surface area contributed by atoms with Gasteiger partial charge in [0.1, 0.15) is 11.6 Å². The summed E-state index contributed by atoms with van der Waals surface area (Å²) in [5.41, 5.74) is 0.701. The molecule has 1 aromatic carbocycles. The molecule has 0 amide bonds. The fourth-order valence-electron chi connectivity index (χ4n) is 3.71. The average Bonchev–Trinajstić information content (AvgIpc) is 3.42. The van der Waals surface area contributed by atoms with Crippen LogP contribution in [0.5, 0.6) is 0 Å². The first kappa shape index (κ1) is 22.6. The zero-order valence-corrected chi connectivity index (χ0v) is 19.2. The van der Waals surface area contributed by atoms with E-state index in [1.165, 1.54) is 0 Å². The van der Waals surface area contributed by atoms with Crippen molar-refractivity contribution in [2.24, 2.45) is 10.9 Å². The van der Waals surface area contributed by atoms with Crippen LogP contribution < -0.4 is 10.6 Å². The van der Waals surface area contributed by atoms with Gasteiger partial charge in [-0.05, 0) is 43.1 Å². The van der Waals surface area contributed by atoms with Crippen molar-refractivity contribution in [3.63, 3.8) is 0 Å². The number of halogens is 1. The Morgan fingerprint density at radius 2 is 2.03 bits per heavy atom. The predicted octanol–water partition coefficient (Wildman–Crippen LogP) is 3.62. The van der Waals surface area contributed by atoms with Gasteiger partial charge in [-0.15, -0.1) is 10.2 Å². The van der Waals surface area contributed by atoms with Gasteiger partial charge in [0.05, 0.1) is 0 Å². The maximum Gasteiger partial charge on any atom is 0.191 e. The third-order valence-corrected chi connectivity index (χ3v) is 6.18. The van der Waals surface area contributed by atoms with Crippen molar-refractivity contribution in [1.29, 1.82) is 0 Å². The van der Waals surface area contributed by atoms with Gasteiger partial charge in [0, 0.05) is 38.5 Å². The van der Waals surface area contributed by atoms with E-state index in [0.717, 1.165) is 61.3 Å². The Morgan fingerprint density at radius 1 is 1.27 bits per heavy atom. The molecule has 0 unspecified atom stereocenters. The minimum absolute atomic E-state index is 0.107. The van der Waals surface area contributed by atoms with Crippen LogP contribution in [0.1, 0.15) is 44.5 Å². The molecule has 0 spiro atoms. The summed E-state index contributed by atoms with van der Waals surface area (Å²) in [6, 6.07) is 7.10. The van der Waals surface area contributed by atoms with Crippen LogP contribution in [-0.4, -0.2) is 47.1 Å². The van der Waals surface area contributed by atoms with Crippen LogP contribution in [0.15, 0.2) is 34.4 Å². The lowest BCUT2D eigenvalue weighted by molar-refractivity contribution is 0.477. The number of aliphatic imine (C=N–C) groups is 1. The van der Waals surface area contributed by atoms with E-state index in [0.29, 0.717) is 12.5 Å². The van der Waals surface area contributed by atoms with Crippen molar-refractivity contribution in [3.8, 4) is 0 Å². The van der Waals surface area contributed by atoms with Crippen molar-refractivity contribution < 1.29 is 4.39 Å². The van der Waals surface area contributed by atoms with Crippen LogP contribution in [0.25, 0.3) is 0 Å². The number of thioether (sulfide) groups is 1. The Labute approximate surface area is 183 Å². The minimum Gasteiger partial charge on any atom is -0.356 e. The zero-order chi connectivity index (χ0) is 21.6. The maximum absolute atomic E-state index is 14.2. The number of rotatable bonds is 10. The van der Waals surface area contributed by atoms with Gasteiger partial charge >= 0.3 is 0 Å². The fraction of sp³-hybridized carbons (Fsp3) is 0.591. The van der Waals surface area contributed by atoms with Gasteiger partial charge in [0.2, 0.25) is 0 Å². The predicted molar refractivity (Wildman–Crippen MR) is 122 cm³/mol. The minimum atomic E-state index is -0.116. The molecule has 0 saturated heterocycles. The lowest BCUT2D eigenvalue weighted by Gasteiger charge is -2.19. The molecule has 1 aliphatic rings. The number of aromatic nitrogens is 3. The third kappa shape index (κ3) is 5.53. The number of guanidine groups is 1. The number of benzene rings is 1. The van der Waals surface area contributed by atoms with E-state index in [2.05, 4.69) is 44.2 Å². The first-order valence-electron chi connectivity index (χ1n) is 10.6. The summed E-state index contributed by atoms with van der Waals surface area (Å²) in [5.74, 6) is 2.23. The molecule has 0 bridgehead atoms. The number of hydrogen-bond acceptors (Lipinski definition) is 4. The molecule has 1 heterocycles. The van der Waals surface area contributed by atoms with E-state index < -0.39 is 0 Å². The normalized spacial score (nSPS) is 15.5. The maximum atomic E-state index is 14.2. The number of aryl methyl sites for hydroxylation is 1. The topological polar surface area (TPSA) is 67.1 Å². The number of hydrogen-bond donors (Lipinski definition) is 2. The van der Waals surface area contributed by atoms with E-state index in [1.807, 2.05) is 18.4 Å². The Kier molecular flexibility index (Phi) is 7.75. The van der Waals surface area contributed by atoms with Crippen LogP contribution in [0.4, 0.5) is 4.39 Å². The van der Waals surface area contributed by atoms with Gasteiger partial charge in [-0.3, -0.25) is 4.99 Å². The lowest BCUT2D eigenvalue weighted by atomic mass is 9.95. The quantitative estimate of drug-likeness (QED) is 0.260. The average molecular weight is 433 g/mol. The van der Waals surface area contributed by atoms with E-state index in [-0.39, 0.29) is 11.2 Å². The second kappa shape index (κ2) is 10.3. The summed E-state index contributed by atoms with van der Waals surface area (Å²) >= 11 is 1.64. The third-order valence-electron chi connectivity index (χ3n) is 5.51. The van der Waals surface area contributed by atoms with Crippen molar-refractivity contribution in [2.75, 3.05) is 26.4 Å². The second-order valence-corrected chi connectivity index (χ2v) is 9.10. The molecule has 6 nitrogen and oxygen atoms in total. The zero-order valence-electron chi connectivity index (χ0n) is 18.4. The number of nitrogens with one attached hydrogen (secondary N) is 2. The Bertz CT molecular complexity index is 859. The molecule has 164 valence electrons. The summed E-state index contributed by atoms with van der Waals surface area (Å²) in [4.78, 5) is 4.32. The van der Waals surface area contributed by atoms with Crippen LogP contribution >= 0.6 is 11.8 Å². The molecular weight excluding hydrogens is 399 g/mol. The molecule has 8 heteroatoms. The van der Waals surface area contributed by atoms with E-state index in [4.69, 9.17) is 0 Å². The second-order valence-electron chi connectivity index (χ2n) is 8.32. The van der Waals surface area contributed by atoms with Gasteiger partial charge in [-0.1, -0.05) is 43.8 Å². The summed E-state index contributed by atoms with van der Waals surface area (Å²) in [7, 11) is 1.77. The molecule has 3 rings (SSSR count). The van der Waals surface area contributed by atoms with Crippen molar-refractivity contribution in [1.82, 2.24) is 25.4 Å². The highest BCUT2D eigenvalue weighted by molar-refractivity contribution is 7.98. The SMILES string of the molecule is CN=C(NCCCc1nnc(SC)n1CC(C)C)NCC1(c2ccccc2F)CC1. The highest BCUT2D eigenvalue weighted by Gasteiger charge is 2.45. The first-order valence-corrected chi connectivity index (χ1v) is 11.9. The molecule has 2 N–H and O–H groups in total. The smallest absolute Gasteiger partial charge is 0.191 e. The first-order chi connectivity index (χ1) is 14.5. The Morgan fingerprint density at radius 3 is 2.67 bits per heavy atom. The molecule has 30 heavy (non-hydrogen) atoms. The van der Waals surface area contributed by atoms with Crippen molar-refractivity contribution in [3.05, 3.63) is 41.5 Å². The number of nitrogens with zero attached hydrogens (tertiary/aromatic N) is 4. The van der Waals surface area contributed by atoms with Gasteiger partial charge in [0.25, 0.3) is 0 Å². The molecule has 1 saturated carbocycles. The largest absolute Gasteiger partial charge is 0.356 e. The van der Waals surface area contributed by atoms with Crippen LogP contribution in [0.2, 0.25) is 0 Å².